The van der Waals surface area contributed by atoms with Gasteiger partial charge in [0.25, 0.3) is 0 Å². The van der Waals surface area contributed by atoms with Gasteiger partial charge in [0.1, 0.15) is 11.6 Å². The van der Waals surface area contributed by atoms with Crippen LogP contribution in [0.3, 0.4) is 0 Å². The predicted molar refractivity (Wildman–Crippen MR) is 137 cm³/mol. The number of carbonyl (C=O) groups is 1. The van der Waals surface area contributed by atoms with Crippen LogP contribution in [0.1, 0.15) is 64.8 Å². The molecule has 0 spiro atoms. The highest BCUT2D eigenvalue weighted by molar-refractivity contribution is 5.82. The molecule has 0 aliphatic carbocycles. The van der Waals surface area contributed by atoms with Gasteiger partial charge in [-0.25, -0.2) is 4.98 Å². The molecule has 1 saturated heterocycles. The van der Waals surface area contributed by atoms with Crippen molar-refractivity contribution in [2.75, 3.05) is 19.7 Å². The summed E-state index contributed by atoms with van der Waals surface area (Å²) in [7, 11) is 0. The summed E-state index contributed by atoms with van der Waals surface area (Å²) in [5.41, 5.74) is 5.77. The molecule has 3 aromatic rings. The zero-order chi connectivity index (χ0) is 23.8. The number of aryl methyl sites for hydroxylation is 2. The molecule has 1 aliphatic rings. The summed E-state index contributed by atoms with van der Waals surface area (Å²) in [5, 5.41) is 0. The molecule has 1 fully saturated rings. The highest BCUT2D eigenvalue weighted by Gasteiger charge is 2.19. The third-order valence-corrected chi connectivity index (χ3v) is 6.38. The second-order valence-electron chi connectivity index (χ2n) is 8.96. The summed E-state index contributed by atoms with van der Waals surface area (Å²) in [6.07, 6.45) is 5.71. The Balaban J connectivity index is 0.000000235. The van der Waals surface area contributed by atoms with Crippen molar-refractivity contribution in [1.82, 2.24) is 14.9 Å². The van der Waals surface area contributed by atoms with Crippen molar-refractivity contribution in [3.8, 4) is 16.9 Å². The van der Waals surface area contributed by atoms with Gasteiger partial charge in [-0.2, -0.15) is 0 Å². The highest BCUT2D eigenvalue weighted by atomic mass is 16.5. The number of rotatable bonds is 6. The first-order chi connectivity index (χ1) is 15.9. The monoisotopic (exact) mass is 449 g/mol. The summed E-state index contributed by atoms with van der Waals surface area (Å²) >= 11 is 0. The number of aromatic nitrogens is 2. The second-order valence-corrected chi connectivity index (χ2v) is 8.96. The minimum absolute atomic E-state index is 0.239. The molecular weight excluding hydrogens is 410 g/mol. The molecular formula is C28H39N3O2. The van der Waals surface area contributed by atoms with Crippen molar-refractivity contribution in [3.05, 3.63) is 47.8 Å². The lowest BCUT2D eigenvalue weighted by atomic mass is 9.96. The van der Waals surface area contributed by atoms with E-state index in [1.54, 1.807) is 6.92 Å². The summed E-state index contributed by atoms with van der Waals surface area (Å²) in [5.74, 6) is 2.95. The molecule has 5 nitrogen and oxygen atoms in total. The summed E-state index contributed by atoms with van der Waals surface area (Å²) in [4.78, 5) is 20.7. The molecule has 1 N–H and O–H groups in total. The Bertz CT molecular complexity index is 1060. The number of ether oxygens (including phenoxy) is 1. The largest absolute Gasteiger partial charge is 0.493 e. The van der Waals surface area contributed by atoms with Crippen LogP contribution in [-0.4, -0.2) is 40.5 Å². The van der Waals surface area contributed by atoms with E-state index in [0.29, 0.717) is 0 Å². The Morgan fingerprint density at radius 3 is 2.61 bits per heavy atom. The number of hydrogen-bond donors (Lipinski definition) is 1. The predicted octanol–water partition coefficient (Wildman–Crippen LogP) is 6.54. The van der Waals surface area contributed by atoms with Crippen molar-refractivity contribution in [1.29, 1.82) is 0 Å². The number of fused-ring (bicyclic) bond motifs is 1. The maximum Gasteiger partial charge on any atom is 0.219 e. The number of hydrogen-bond acceptors (Lipinski definition) is 3. The first-order valence-corrected chi connectivity index (χ1v) is 12.4. The van der Waals surface area contributed by atoms with Gasteiger partial charge in [0.2, 0.25) is 5.91 Å². The van der Waals surface area contributed by atoms with Gasteiger partial charge in [-0.1, -0.05) is 39.3 Å². The molecule has 1 aromatic heterocycles. The Morgan fingerprint density at radius 1 is 1.15 bits per heavy atom. The number of nitrogens with one attached hydrogen (secondary N) is 1. The van der Waals surface area contributed by atoms with E-state index in [-0.39, 0.29) is 5.91 Å². The quantitative estimate of drug-likeness (QED) is 0.464. The lowest BCUT2D eigenvalue weighted by Crippen LogP contribution is -2.38. The molecule has 1 atom stereocenters. The van der Waals surface area contributed by atoms with Crippen LogP contribution < -0.4 is 4.74 Å². The minimum Gasteiger partial charge on any atom is -0.493 e. The normalized spacial score (nSPS) is 15.8. The van der Waals surface area contributed by atoms with Crippen LogP contribution in [0.4, 0.5) is 0 Å². The lowest BCUT2D eigenvalue weighted by Gasteiger charge is -2.31. The Morgan fingerprint density at radius 2 is 1.91 bits per heavy atom. The maximum absolute atomic E-state index is 11.0. The van der Waals surface area contributed by atoms with Gasteiger partial charge in [-0.05, 0) is 79.5 Å². The fourth-order valence-corrected chi connectivity index (χ4v) is 4.39. The Kier molecular flexibility index (Phi) is 8.93. The molecule has 0 bridgehead atoms. The van der Waals surface area contributed by atoms with Crippen LogP contribution in [0.25, 0.3) is 22.2 Å². The fourth-order valence-electron chi connectivity index (χ4n) is 4.39. The minimum atomic E-state index is 0.239. The molecule has 1 aliphatic heterocycles. The molecule has 4 rings (SSSR count). The third kappa shape index (κ3) is 6.59. The van der Waals surface area contributed by atoms with Gasteiger partial charge >= 0.3 is 0 Å². The van der Waals surface area contributed by atoms with Crippen molar-refractivity contribution in [3.63, 3.8) is 0 Å². The number of H-pyrrole nitrogens is 1. The first-order valence-electron chi connectivity index (χ1n) is 12.4. The molecule has 1 amide bonds. The number of piperidine rings is 1. The molecule has 5 heteroatoms. The Hall–Kier alpha value is -2.82. The van der Waals surface area contributed by atoms with E-state index in [2.05, 4.69) is 67.1 Å². The lowest BCUT2D eigenvalue weighted by molar-refractivity contribution is -0.130. The van der Waals surface area contributed by atoms with E-state index in [1.807, 2.05) is 11.8 Å². The van der Waals surface area contributed by atoms with Crippen LogP contribution in [-0.2, 0) is 11.2 Å². The summed E-state index contributed by atoms with van der Waals surface area (Å²) in [6.45, 7) is 12.9. The summed E-state index contributed by atoms with van der Waals surface area (Å²) in [6, 6.07) is 12.8. The topological polar surface area (TPSA) is 58.2 Å². The van der Waals surface area contributed by atoms with Crippen LogP contribution in [0.5, 0.6) is 5.75 Å². The van der Waals surface area contributed by atoms with Crippen molar-refractivity contribution >= 4 is 16.9 Å². The van der Waals surface area contributed by atoms with Crippen LogP contribution in [0.15, 0.2) is 36.4 Å². The van der Waals surface area contributed by atoms with Crippen molar-refractivity contribution in [2.45, 2.75) is 66.7 Å². The smallest absolute Gasteiger partial charge is 0.219 e. The fraction of sp³-hybridized carbons (Fsp3) is 0.500. The standard InChI is InChI=1S/C19H22N2O.C9H17NO/c1-4-10-22-19-9-7-15(11-14(19)5-2)16-6-8-17-18(12-16)21-13(3)20-17;1-3-9-5-4-6-10(7-9)8(2)11/h6-9,11-12H,4-5,10H2,1-3H3,(H,20,21);9H,3-7H2,1-2H3. The van der Waals surface area contributed by atoms with E-state index >= 15 is 0 Å². The zero-order valence-corrected chi connectivity index (χ0v) is 20.9. The number of carbonyl (C=O) groups excluding carboxylic acids is 1. The number of imidazole rings is 1. The summed E-state index contributed by atoms with van der Waals surface area (Å²) < 4.78 is 5.83. The van der Waals surface area contributed by atoms with Crippen molar-refractivity contribution in [2.24, 2.45) is 5.92 Å². The average molecular weight is 450 g/mol. The number of likely N-dealkylation sites (tertiary alicyclic amines) is 1. The average Bonchev–Trinajstić information content (AvgIpc) is 3.22. The first kappa shape index (κ1) is 24.8. The van der Waals surface area contributed by atoms with E-state index in [9.17, 15) is 4.79 Å². The number of benzene rings is 2. The molecule has 2 aromatic carbocycles. The Labute approximate surface area is 198 Å². The number of aromatic amines is 1. The molecule has 178 valence electrons. The molecule has 0 saturated carbocycles. The zero-order valence-electron chi connectivity index (χ0n) is 20.9. The van der Waals surface area contributed by atoms with E-state index in [0.717, 1.165) is 61.1 Å². The van der Waals surface area contributed by atoms with Crippen LogP contribution in [0.2, 0.25) is 0 Å². The molecule has 1 unspecified atom stereocenters. The van der Waals surface area contributed by atoms with E-state index < -0.39 is 0 Å². The molecule has 2 heterocycles. The maximum atomic E-state index is 11.0. The third-order valence-electron chi connectivity index (χ3n) is 6.38. The number of nitrogens with zero attached hydrogens (tertiary/aromatic N) is 2. The van der Waals surface area contributed by atoms with Gasteiger partial charge in [0, 0.05) is 20.0 Å². The highest BCUT2D eigenvalue weighted by Crippen LogP contribution is 2.29. The van der Waals surface area contributed by atoms with Gasteiger partial charge in [0.05, 0.1) is 17.6 Å². The van der Waals surface area contributed by atoms with E-state index in [1.165, 1.54) is 36.0 Å². The van der Waals surface area contributed by atoms with Crippen LogP contribution >= 0.6 is 0 Å². The van der Waals surface area contributed by atoms with Gasteiger partial charge in [-0.15, -0.1) is 0 Å². The number of amides is 1. The second kappa shape index (κ2) is 11.9. The molecule has 0 radical (unpaired) electrons. The van der Waals surface area contributed by atoms with Crippen molar-refractivity contribution < 1.29 is 9.53 Å². The molecule has 33 heavy (non-hydrogen) atoms. The van der Waals surface area contributed by atoms with Crippen LogP contribution in [0, 0.1) is 12.8 Å². The SMILES string of the molecule is CCC1CCCN(C(C)=O)C1.CCCOc1ccc(-c2ccc3nc(C)[nH]c3c2)cc1CC. The van der Waals surface area contributed by atoms with Gasteiger partial charge in [-0.3, -0.25) is 4.79 Å². The van der Waals surface area contributed by atoms with Gasteiger partial charge < -0.3 is 14.6 Å². The van der Waals surface area contributed by atoms with Gasteiger partial charge in [0.15, 0.2) is 0 Å². The van der Waals surface area contributed by atoms with E-state index in [4.69, 9.17) is 4.74 Å².